The molecule has 1 atom stereocenters. The molecule has 3 N–H and O–H groups in total. The number of fused-ring (bicyclic) bond motifs is 1. The van der Waals surface area contributed by atoms with Crippen LogP contribution in [0.4, 0.5) is 15.8 Å². The summed E-state index contributed by atoms with van der Waals surface area (Å²) < 4.78 is 18.7. The second-order valence-corrected chi connectivity index (χ2v) is 7.49. The van der Waals surface area contributed by atoms with E-state index in [0.29, 0.717) is 23.6 Å². The van der Waals surface area contributed by atoms with E-state index in [4.69, 9.17) is 10.3 Å². The number of hydrogen-bond donors (Lipinski definition) is 2. The van der Waals surface area contributed by atoms with Gasteiger partial charge in [-0.2, -0.15) is 0 Å². The second kappa shape index (κ2) is 8.60. The van der Waals surface area contributed by atoms with E-state index in [0.717, 1.165) is 30.5 Å². The highest BCUT2D eigenvalue weighted by Crippen LogP contribution is 2.37. The zero-order valence-electron chi connectivity index (χ0n) is 15.5. The Hall–Kier alpha value is -2.30. The van der Waals surface area contributed by atoms with E-state index in [1.807, 2.05) is 6.92 Å². The Morgan fingerprint density at radius 3 is 2.97 bits per heavy atom. The summed E-state index contributed by atoms with van der Waals surface area (Å²) in [5, 5.41) is 7.57. The lowest BCUT2D eigenvalue weighted by molar-refractivity contribution is 0.102. The minimum Gasteiger partial charge on any atom is -0.368 e. The molecule has 154 valence electrons. The highest BCUT2D eigenvalue weighted by atomic mass is 79.9. The largest absolute Gasteiger partial charge is 0.368 e. The minimum absolute atomic E-state index is 0. The zero-order chi connectivity index (χ0) is 19.8. The normalized spacial score (nSPS) is 16.6. The highest BCUT2D eigenvalue weighted by molar-refractivity contribution is 9.10. The molecule has 0 bridgehead atoms. The third-order valence-corrected chi connectivity index (χ3v) is 5.26. The fraction of sp³-hybridized carbons (Fsp3) is 0.333. The summed E-state index contributed by atoms with van der Waals surface area (Å²) in [6.45, 7) is 3.26. The number of aromatic nitrogens is 3. The predicted octanol–water partition coefficient (Wildman–Crippen LogP) is 3.43. The maximum Gasteiger partial charge on any atom is 0.274 e. The topological polar surface area (TPSA) is 110 Å². The summed E-state index contributed by atoms with van der Waals surface area (Å²) in [6, 6.07) is 2.54. The van der Waals surface area contributed by atoms with Gasteiger partial charge in [0.15, 0.2) is 5.82 Å². The van der Waals surface area contributed by atoms with Gasteiger partial charge in [-0.3, -0.25) is 4.79 Å². The van der Waals surface area contributed by atoms with Crippen LogP contribution in [0.3, 0.4) is 0 Å². The molecule has 1 aliphatic heterocycles. The molecule has 3 aromatic rings. The van der Waals surface area contributed by atoms with Crippen molar-refractivity contribution in [3.8, 4) is 0 Å². The molecular weight excluding hydrogens is 467 g/mol. The van der Waals surface area contributed by atoms with Crippen LogP contribution >= 0.6 is 28.3 Å². The molecular formula is C18H19BrClFN6O2. The van der Waals surface area contributed by atoms with E-state index in [-0.39, 0.29) is 28.7 Å². The number of aryl methyl sites for hydroxylation is 1. The van der Waals surface area contributed by atoms with Gasteiger partial charge in [0.2, 0.25) is 0 Å². The van der Waals surface area contributed by atoms with E-state index in [1.54, 1.807) is 0 Å². The third-order valence-electron chi connectivity index (χ3n) is 4.71. The molecule has 4 heterocycles. The van der Waals surface area contributed by atoms with Gasteiger partial charge in [0.05, 0.1) is 28.7 Å². The number of nitrogens with one attached hydrogen (secondary N) is 1. The number of carbonyl (C=O) groups is 1. The maximum atomic E-state index is 13.4. The first-order valence-electron chi connectivity index (χ1n) is 8.83. The Bertz CT molecular complexity index is 1060. The molecule has 0 spiro atoms. The fourth-order valence-corrected chi connectivity index (χ4v) is 3.72. The number of amides is 1. The van der Waals surface area contributed by atoms with Crippen LogP contribution in [0.25, 0.3) is 11.1 Å². The monoisotopic (exact) mass is 484 g/mol. The summed E-state index contributed by atoms with van der Waals surface area (Å²) in [6.07, 6.45) is 3.41. The Morgan fingerprint density at radius 2 is 2.24 bits per heavy atom. The SMILES string of the molecule is Cc1noc2ncc(NC(=O)c3ccc(F)c(Br)n3)c(N3CCC[C@H](N)C3)c12.Cl. The van der Waals surface area contributed by atoms with Crippen LogP contribution in [-0.4, -0.2) is 40.2 Å². The smallest absolute Gasteiger partial charge is 0.274 e. The molecule has 0 aliphatic carbocycles. The predicted molar refractivity (Wildman–Crippen MR) is 113 cm³/mol. The van der Waals surface area contributed by atoms with Crippen molar-refractivity contribution in [3.05, 3.63) is 40.1 Å². The summed E-state index contributed by atoms with van der Waals surface area (Å²) in [5.74, 6) is -1.01. The number of halogens is 3. The number of pyridine rings is 2. The van der Waals surface area contributed by atoms with Crippen LogP contribution in [0.2, 0.25) is 0 Å². The van der Waals surface area contributed by atoms with Crippen molar-refractivity contribution < 1.29 is 13.7 Å². The standard InChI is InChI=1S/C18H18BrFN6O2.ClH/c1-9-14-15(26-6-2-3-10(21)8-26)13(7-22-18(14)28-25-9)24-17(27)12-5-4-11(20)16(19)23-12;/h4-5,7,10H,2-3,6,8,21H2,1H3,(H,24,27);1H/t10-;/m0./s1. The summed E-state index contributed by atoms with van der Waals surface area (Å²) in [4.78, 5) is 23.0. The van der Waals surface area contributed by atoms with Gasteiger partial charge in [0.25, 0.3) is 11.6 Å². The molecule has 29 heavy (non-hydrogen) atoms. The van der Waals surface area contributed by atoms with E-state index in [1.165, 1.54) is 18.3 Å². The average Bonchev–Trinajstić information content (AvgIpc) is 3.05. The number of piperidine rings is 1. The molecule has 1 fully saturated rings. The van der Waals surface area contributed by atoms with Crippen molar-refractivity contribution >= 4 is 56.7 Å². The first-order chi connectivity index (χ1) is 13.4. The second-order valence-electron chi connectivity index (χ2n) is 6.74. The molecule has 3 aromatic heterocycles. The fourth-order valence-electron chi connectivity index (χ4n) is 3.40. The quantitative estimate of drug-likeness (QED) is 0.547. The summed E-state index contributed by atoms with van der Waals surface area (Å²) >= 11 is 3.00. The van der Waals surface area contributed by atoms with Crippen LogP contribution < -0.4 is 16.0 Å². The highest BCUT2D eigenvalue weighted by Gasteiger charge is 2.26. The molecule has 0 aromatic carbocycles. The van der Waals surface area contributed by atoms with E-state index >= 15 is 0 Å². The minimum atomic E-state index is -0.539. The van der Waals surface area contributed by atoms with E-state index < -0.39 is 11.7 Å². The third kappa shape index (κ3) is 4.19. The van der Waals surface area contributed by atoms with Crippen LogP contribution in [-0.2, 0) is 0 Å². The van der Waals surface area contributed by atoms with Crippen molar-refractivity contribution in [2.24, 2.45) is 5.73 Å². The van der Waals surface area contributed by atoms with Crippen LogP contribution in [0, 0.1) is 12.7 Å². The number of anilines is 2. The van der Waals surface area contributed by atoms with Crippen molar-refractivity contribution in [1.29, 1.82) is 0 Å². The molecule has 4 rings (SSSR count). The Labute approximate surface area is 180 Å². The molecule has 8 nitrogen and oxygen atoms in total. The maximum absolute atomic E-state index is 13.4. The van der Waals surface area contributed by atoms with Crippen molar-refractivity contribution in [1.82, 2.24) is 15.1 Å². The van der Waals surface area contributed by atoms with E-state index in [2.05, 4.69) is 41.3 Å². The molecule has 1 saturated heterocycles. The van der Waals surface area contributed by atoms with Crippen molar-refractivity contribution in [2.45, 2.75) is 25.8 Å². The Balaban J connectivity index is 0.00000240. The average molecular weight is 486 g/mol. The number of hydrogen-bond acceptors (Lipinski definition) is 7. The lowest BCUT2D eigenvalue weighted by Gasteiger charge is -2.34. The molecule has 1 aliphatic rings. The lowest BCUT2D eigenvalue weighted by atomic mass is 10.0. The molecule has 11 heteroatoms. The van der Waals surface area contributed by atoms with Gasteiger partial charge in [-0.25, -0.2) is 14.4 Å². The number of rotatable bonds is 3. The van der Waals surface area contributed by atoms with Crippen LogP contribution in [0.5, 0.6) is 0 Å². The van der Waals surface area contributed by atoms with Crippen LogP contribution in [0.1, 0.15) is 29.0 Å². The van der Waals surface area contributed by atoms with Crippen molar-refractivity contribution in [3.63, 3.8) is 0 Å². The number of carbonyl (C=O) groups excluding carboxylic acids is 1. The molecule has 0 unspecified atom stereocenters. The van der Waals surface area contributed by atoms with Gasteiger partial charge in [-0.05, 0) is 47.8 Å². The van der Waals surface area contributed by atoms with Gasteiger partial charge in [-0.15, -0.1) is 12.4 Å². The Kier molecular flexibility index (Phi) is 6.35. The number of nitrogens with zero attached hydrogens (tertiary/aromatic N) is 4. The Morgan fingerprint density at radius 1 is 1.45 bits per heavy atom. The zero-order valence-corrected chi connectivity index (χ0v) is 17.9. The van der Waals surface area contributed by atoms with Gasteiger partial charge >= 0.3 is 0 Å². The van der Waals surface area contributed by atoms with Gasteiger partial charge < -0.3 is 20.5 Å². The van der Waals surface area contributed by atoms with Gasteiger partial charge in [0.1, 0.15) is 10.3 Å². The lowest BCUT2D eigenvalue weighted by Crippen LogP contribution is -2.43. The number of nitrogens with two attached hydrogens (primary N) is 1. The van der Waals surface area contributed by atoms with Gasteiger partial charge in [-0.1, -0.05) is 5.16 Å². The van der Waals surface area contributed by atoms with Crippen LogP contribution in [0.15, 0.2) is 27.5 Å². The van der Waals surface area contributed by atoms with Crippen molar-refractivity contribution in [2.75, 3.05) is 23.3 Å². The summed E-state index contributed by atoms with van der Waals surface area (Å²) in [5.41, 5.74) is 8.58. The summed E-state index contributed by atoms with van der Waals surface area (Å²) in [7, 11) is 0. The van der Waals surface area contributed by atoms with Gasteiger partial charge in [0, 0.05) is 19.1 Å². The van der Waals surface area contributed by atoms with E-state index in [9.17, 15) is 9.18 Å². The molecule has 1 amide bonds. The molecule has 0 saturated carbocycles. The molecule has 0 radical (unpaired) electrons. The first-order valence-corrected chi connectivity index (χ1v) is 9.62. The first kappa shape index (κ1) is 21.4.